The smallest absolute Gasteiger partial charge is 0.334 e. The number of methoxy groups -OCH3 is 2. The van der Waals surface area contributed by atoms with Crippen LogP contribution in [0.3, 0.4) is 0 Å². The number of esters is 2. The van der Waals surface area contributed by atoms with Gasteiger partial charge in [0.25, 0.3) is 0 Å². The van der Waals surface area contributed by atoms with E-state index in [-0.39, 0.29) is 23.8 Å². The summed E-state index contributed by atoms with van der Waals surface area (Å²) < 4.78 is 9.82. The maximum Gasteiger partial charge on any atom is 0.334 e. The van der Waals surface area contributed by atoms with E-state index in [1.54, 1.807) is 0 Å². The first-order valence-electron chi connectivity index (χ1n) is 7.84. The van der Waals surface area contributed by atoms with Crippen LogP contribution in [-0.2, 0) is 19.1 Å². The van der Waals surface area contributed by atoms with Gasteiger partial charge in [0.15, 0.2) is 0 Å². The molecule has 23 heavy (non-hydrogen) atoms. The molecule has 4 atom stereocenters. The summed E-state index contributed by atoms with van der Waals surface area (Å²) in [6.07, 6.45) is 3.06. The van der Waals surface area contributed by atoms with Crippen molar-refractivity contribution in [2.75, 3.05) is 14.2 Å². The van der Waals surface area contributed by atoms with Gasteiger partial charge in [0.05, 0.1) is 25.4 Å². The Labute approximate surface area is 134 Å². The van der Waals surface area contributed by atoms with Crippen LogP contribution in [0.5, 0.6) is 0 Å². The summed E-state index contributed by atoms with van der Waals surface area (Å²) in [7, 11) is 2.72. The summed E-state index contributed by atoms with van der Waals surface area (Å²) in [5.41, 5.74) is 3.59. The maximum atomic E-state index is 12.2. The lowest BCUT2D eigenvalue weighted by Crippen LogP contribution is -2.21. The molecule has 2 fully saturated rings. The van der Waals surface area contributed by atoms with Gasteiger partial charge in [-0.25, -0.2) is 9.59 Å². The van der Waals surface area contributed by atoms with Crippen molar-refractivity contribution in [2.24, 2.45) is 23.7 Å². The van der Waals surface area contributed by atoms with Crippen molar-refractivity contribution >= 4 is 18.0 Å². The van der Waals surface area contributed by atoms with Gasteiger partial charge in [0, 0.05) is 0 Å². The molecule has 3 aliphatic carbocycles. The quantitative estimate of drug-likeness (QED) is 0.805. The number of allylic oxidation sites excluding steroid dienone is 1. The molecule has 0 heterocycles. The van der Waals surface area contributed by atoms with E-state index >= 15 is 0 Å². The number of rotatable bonds is 3. The summed E-state index contributed by atoms with van der Waals surface area (Å²) in [5.74, 6) is 0.179. The molecule has 2 saturated carbocycles. The number of hydrogen-bond acceptors (Lipinski definition) is 4. The van der Waals surface area contributed by atoms with E-state index in [9.17, 15) is 9.59 Å². The van der Waals surface area contributed by atoms with E-state index in [4.69, 9.17) is 9.47 Å². The highest BCUT2D eigenvalue weighted by Gasteiger charge is 2.66. The van der Waals surface area contributed by atoms with Gasteiger partial charge in [0.1, 0.15) is 0 Å². The third-order valence-electron chi connectivity index (χ3n) is 5.40. The first-order valence-corrected chi connectivity index (χ1v) is 7.84. The molecular weight excluding hydrogens is 292 g/mol. The second-order valence-electron chi connectivity index (χ2n) is 6.37. The van der Waals surface area contributed by atoms with Crippen LogP contribution in [0, 0.1) is 23.7 Å². The molecule has 3 aliphatic rings. The largest absolute Gasteiger partial charge is 0.466 e. The Bertz CT molecular complexity index is 704. The number of benzene rings is 1. The highest BCUT2D eigenvalue weighted by Crippen LogP contribution is 2.71. The SMILES string of the molecule is COC(=O)C1=C(C(=O)OC)[C@@H]2C[C@H]1[C@H]1C(=Cc3ccccc3)[C@H]12. The minimum atomic E-state index is -0.387. The molecule has 1 aromatic rings. The Hall–Kier alpha value is -2.36. The second kappa shape index (κ2) is 5.08. The molecule has 0 amide bonds. The molecule has 0 aliphatic heterocycles. The molecule has 4 nitrogen and oxygen atoms in total. The number of fused-ring (bicyclic) bond motifs is 5. The zero-order valence-corrected chi connectivity index (χ0v) is 13.1. The van der Waals surface area contributed by atoms with Crippen LogP contribution in [0.2, 0.25) is 0 Å². The fourth-order valence-corrected chi connectivity index (χ4v) is 4.53. The van der Waals surface area contributed by atoms with Crippen LogP contribution < -0.4 is 0 Å². The van der Waals surface area contributed by atoms with Gasteiger partial charge in [-0.1, -0.05) is 42.0 Å². The molecule has 118 valence electrons. The minimum absolute atomic E-state index is 0.0986. The number of carbonyl (C=O) groups excluding carboxylic acids is 2. The molecular formula is C19H18O4. The average molecular weight is 310 g/mol. The van der Waals surface area contributed by atoms with Gasteiger partial charge in [-0.2, -0.15) is 0 Å². The van der Waals surface area contributed by atoms with Crippen molar-refractivity contribution in [3.05, 3.63) is 52.6 Å². The van der Waals surface area contributed by atoms with Gasteiger partial charge in [-0.05, 0) is 35.7 Å². The van der Waals surface area contributed by atoms with E-state index in [1.165, 1.54) is 19.8 Å². The van der Waals surface area contributed by atoms with E-state index in [0.29, 0.717) is 23.0 Å². The fraction of sp³-hybridized carbons (Fsp3) is 0.368. The predicted octanol–water partition coefficient (Wildman–Crippen LogP) is 2.61. The summed E-state index contributed by atoms with van der Waals surface area (Å²) >= 11 is 0. The molecule has 0 N–H and O–H groups in total. The minimum Gasteiger partial charge on any atom is -0.466 e. The van der Waals surface area contributed by atoms with Crippen molar-refractivity contribution in [2.45, 2.75) is 6.42 Å². The highest BCUT2D eigenvalue weighted by atomic mass is 16.5. The van der Waals surface area contributed by atoms with Crippen LogP contribution >= 0.6 is 0 Å². The van der Waals surface area contributed by atoms with Crippen molar-refractivity contribution in [3.8, 4) is 0 Å². The maximum absolute atomic E-state index is 12.2. The van der Waals surface area contributed by atoms with Crippen LogP contribution in [0.4, 0.5) is 0 Å². The van der Waals surface area contributed by atoms with Crippen LogP contribution in [0.15, 0.2) is 47.1 Å². The average Bonchev–Trinajstić information content (AvgIpc) is 2.99. The van der Waals surface area contributed by atoms with Crippen LogP contribution in [0.1, 0.15) is 12.0 Å². The molecule has 0 unspecified atom stereocenters. The molecule has 0 radical (unpaired) electrons. The van der Waals surface area contributed by atoms with Gasteiger partial charge in [0.2, 0.25) is 0 Å². The van der Waals surface area contributed by atoms with Crippen molar-refractivity contribution in [1.29, 1.82) is 0 Å². The van der Waals surface area contributed by atoms with E-state index in [2.05, 4.69) is 18.2 Å². The predicted molar refractivity (Wildman–Crippen MR) is 84.1 cm³/mol. The lowest BCUT2D eigenvalue weighted by molar-refractivity contribution is -0.140. The Kier molecular flexibility index (Phi) is 3.15. The first-order chi connectivity index (χ1) is 11.2. The normalized spacial score (nSPS) is 32.0. The monoisotopic (exact) mass is 310 g/mol. The topological polar surface area (TPSA) is 52.6 Å². The summed E-state index contributed by atoms with van der Waals surface area (Å²) in [4.78, 5) is 24.3. The van der Waals surface area contributed by atoms with Gasteiger partial charge in [-0.3, -0.25) is 0 Å². The molecule has 0 aromatic heterocycles. The number of ether oxygens (including phenoxy) is 2. The third kappa shape index (κ3) is 1.97. The molecule has 2 bridgehead atoms. The van der Waals surface area contributed by atoms with Gasteiger partial charge >= 0.3 is 11.9 Å². The zero-order valence-electron chi connectivity index (χ0n) is 13.1. The van der Waals surface area contributed by atoms with E-state index in [0.717, 1.165) is 12.0 Å². The molecule has 4 heteroatoms. The Balaban J connectivity index is 1.69. The van der Waals surface area contributed by atoms with Crippen molar-refractivity contribution in [1.82, 2.24) is 0 Å². The third-order valence-corrected chi connectivity index (χ3v) is 5.40. The van der Waals surface area contributed by atoms with E-state index in [1.807, 2.05) is 18.2 Å². The lowest BCUT2D eigenvalue weighted by atomic mass is 9.92. The fourth-order valence-electron chi connectivity index (χ4n) is 4.53. The molecule has 1 aromatic carbocycles. The standard InChI is InChI=1S/C19H18O4/c1-22-18(20)16-12-9-13(17(16)19(21)23-2)15-11(14(12)15)8-10-6-4-3-5-7-10/h3-8,12-15H,9H2,1-2H3/t12-,13+,14+,15-. The van der Waals surface area contributed by atoms with E-state index < -0.39 is 0 Å². The molecule has 0 saturated heterocycles. The van der Waals surface area contributed by atoms with Crippen LogP contribution in [-0.4, -0.2) is 26.2 Å². The highest BCUT2D eigenvalue weighted by molar-refractivity contribution is 6.03. The van der Waals surface area contributed by atoms with Crippen molar-refractivity contribution in [3.63, 3.8) is 0 Å². The second-order valence-corrected chi connectivity index (χ2v) is 6.37. The Morgan fingerprint density at radius 1 is 0.957 bits per heavy atom. The Morgan fingerprint density at radius 2 is 1.48 bits per heavy atom. The number of carbonyl (C=O) groups is 2. The first kappa shape index (κ1) is 14.2. The van der Waals surface area contributed by atoms with Crippen molar-refractivity contribution < 1.29 is 19.1 Å². The van der Waals surface area contributed by atoms with Gasteiger partial charge < -0.3 is 9.47 Å². The molecule has 4 rings (SSSR count). The van der Waals surface area contributed by atoms with Crippen LogP contribution in [0.25, 0.3) is 6.08 Å². The summed E-state index contributed by atoms with van der Waals surface area (Å²) in [5, 5.41) is 0. The number of hydrogen-bond donors (Lipinski definition) is 0. The lowest BCUT2D eigenvalue weighted by Gasteiger charge is -2.15. The summed E-state index contributed by atoms with van der Waals surface area (Å²) in [6.45, 7) is 0. The molecule has 0 spiro atoms. The zero-order chi connectivity index (χ0) is 16.1. The summed E-state index contributed by atoms with van der Waals surface area (Å²) in [6, 6.07) is 10.2. The Morgan fingerprint density at radius 3 is 1.96 bits per heavy atom. The van der Waals surface area contributed by atoms with Gasteiger partial charge in [-0.15, -0.1) is 0 Å².